The van der Waals surface area contributed by atoms with Gasteiger partial charge in [0.25, 0.3) is 0 Å². The summed E-state index contributed by atoms with van der Waals surface area (Å²) < 4.78 is 0. The first-order valence-electron chi connectivity index (χ1n) is 5.48. The first kappa shape index (κ1) is 13.3. The number of phenolic OH excluding ortho intramolecular Hbond substituents is 1. The molecule has 0 bridgehead atoms. The van der Waals surface area contributed by atoms with Gasteiger partial charge < -0.3 is 20.2 Å². The van der Waals surface area contributed by atoms with Gasteiger partial charge in [0.15, 0.2) is 11.5 Å². The Balaban J connectivity index is 2.18. The van der Waals surface area contributed by atoms with Crippen molar-refractivity contribution in [3.63, 3.8) is 0 Å². The van der Waals surface area contributed by atoms with Crippen LogP contribution in [0.4, 0.5) is 5.69 Å². The molecule has 0 aliphatic carbocycles. The largest absolute Gasteiger partial charge is 0.870 e. The van der Waals surface area contributed by atoms with Crippen molar-refractivity contribution in [1.82, 2.24) is 0 Å². The van der Waals surface area contributed by atoms with Crippen molar-refractivity contribution in [2.24, 2.45) is 10.4 Å². The number of carboxylic acid groups (broad SMARTS) is 1. The van der Waals surface area contributed by atoms with Crippen LogP contribution in [0.3, 0.4) is 0 Å². The Bertz CT molecular complexity index is 632. The fraction of sp³-hybridized carbons (Fsp3) is 0. The molecular formula is C13H9N2O5-. The van der Waals surface area contributed by atoms with Crippen LogP contribution in [0.1, 0.15) is 10.4 Å². The lowest BCUT2D eigenvalue weighted by molar-refractivity contribution is -0.270. The second kappa shape index (κ2) is 5.70. The summed E-state index contributed by atoms with van der Waals surface area (Å²) in [6, 6.07) is 10.3. The number of carbonyl (C=O) groups is 1. The van der Waals surface area contributed by atoms with Gasteiger partial charge in [-0.25, -0.2) is 4.79 Å². The van der Waals surface area contributed by atoms with Crippen molar-refractivity contribution in [3.8, 4) is 17.2 Å². The van der Waals surface area contributed by atoms with Gasteiger partial charge in [-0.1, -0.05) is 30.0 Å². The van der Waals surface area contributed by atoms with Gasteiger partial charge in [0.05, 0.1) is 11.3 Å². The SMILES string of the molecule is O=C(O)c1cc([O-])c(ON=Nc2ccccc2)c(O)c1. The Kier molecular flexibility index (Phi) is 3.80. The molecule has 2 aromatic rings. The van der Waals surface area contributed by atoms with Crippen molar-refractivity contribution in [2.75, 3.05) is 0 Å². The van der Waals surface area contributed by atoms with Crippen molar-refractivity contribution in [3.05, 3.63) is 48.0 Å². The summed E-state index contributed by atoms with van der Waals surface area (Å²) in [6.45, 7) is 0. The zero-order chi connectivity index (χ0) is 14.5. The molecule has 0 unspecified atom stereocenters. The molecule has 0 atom stereocenters. The van der Waals surface area contributed by atoms with Crippen molar-refractivity contribution < 1.29 is 25.0 Å². The first-order valence-corrected chi connectivity index (χ1v) is 5.48. The predicted molar refractivity (Wildman–Crippen MR) is 66.1 cm³/mol. The molecule has 0 fully saturated rings. The van der Waals surface area contributed by atoms with E-state index in [0.29, 0.717) is 5.69 Å². The third-order valence-corrected chi connectivity index (χ3v) is 2.33. The number of phenols is 1. The number of nitrogens with zero attached hydrogens (tertiary/aromatic N) is 2. The lowest BCUT2D eigenvalue weighted by Gasteiger charge is -2.12. The van der Waals surface area contributed by atoms with Crippen LogP contribution in [0.15, 0.2) is 52.9 Å². The lowest BCUT2D eigenvalue weighted by atomic mass is 10.2. The molecule has 0 radical (unpaired) electrons. The van der Waals surface area contributed by atoms with Gasteiger partial charge in [0.1, 0.15) is 0 Å². The highest BCUT2D eigenvalue weighted by Gasteiger charge is 2.10. The highest BCUT2D eigenvalue weighted by atomic mass is 16.7. The fourth-order valence-corrected chi connectivity index (χ4v) is 1.41. The monoisotopic (exact) mass is 273 g/mol. The third kappa shape index (κ3) is 3.02. The zero-order valence-electron chi connectivity index (χ0n) is 10.1. The van der Waals surface area contributed by atoms with Crippen LogP contribution in [0.5, 0.6) is 17.2 Å². The summed E-state index contributed by atoms with van der Waals surface area (Å²) in [4.78, 5) is 15.4. The molecule has 0 spiro atoms. The highest BCUT2D eigenvalue weighted by Crippen LogP contribution is 2.35. The molecule has 0 heterocycles. The summed E-state index contributed by atoms with van der Waals surface area (Å²) in [5, 5.41) is 36.8. The van der Waals surface area contributed by atoms with E-state index < -0.39 is 23.2 Å². The molecule has 7 heteroatoms. The molecular weight excluding hydrogens is 264 g/mol. The van der Waals surface area contributed by atoms with Gasteiger partial charge in [-0.15, -0.1) is 5.11 Å². The van der Waals surface area contributed by atoms with E-state index in [1.807, 2.05) is 0 Å². The van der Waals surface area contributed by atoms with Gasteiger partial charge in [-0.05, 0) is 18.2 Å². The van der Waals surface area contributed by atoms with Crippen LogP contribution < -0.4 is 9.94 Å². The van der Waals surface area contributed by atoms with E-state index in [4.69, 9.17) is 9.94 Å². The Hall–Kier alpha value is -3.09. The Morgan fingerprint density at radius 1 is 1.20 bits per heavy atom. The fourth-order valence-electron chi connectivity index (χ4n) is 1.41. The minimum absolute atomic E-state index is 0.333. The topological polar surface area (TPSA) is 115 Å². The number of benzene rings is 2. The summed E-state index contributed by atoms with van der Waals surface area (Å²) in [7, 11) is 0. The highest BCUT2D eigenvalue weighted by molar-refractivity contribution is 5.89. The summed E-state index contributed by atoms with van der Waals surface area (Å²) in [6.07, 6.45) is 0. The van der Waals surface area contributed by atoms with Crippen LogP contribution in [0.25, 0.3) is 0 Å². The molecule has 0 saturated heterocycles. The second-order valence-electron chi connectivity index (χ2n) is 3.74. The number of aromatic carboxylic acids is 1. The van der Waals surface area contributed by atoms with Gasteiger partial charge in [-0.2, -0.15) is 0 Å². The summed E-state index contributed by atoms with van der Waals surface area (Å²) in [5.41, 5.74) is 0.168. The van der Waals surface area contributed by atoms with Gasteiger partial charge in [-0.3, -0.25) is 0 Å². The second-order valence-corrected chi connectivity index (χ2v) is 3.74. The van der Waals surface area contributed by atoms with Crippen molar-refractivity contribution in [1.29, 1.82) is 0 Å². The Morgan fingerprint density at radius 2 is 1.90 bits per heavy atom. The Morgan fingerprint density at radius 3 is 2.50 bits per heavy atom. The van der Waals surface area contributed by atoms with Crippen molar-refractivity contribution >= 4 is 11.7 Å². The molecule has 2 N–H and O–H groups in total. The van der Waals surface area contributed by atoms with Crippen LogP contribution in [-0.4, -0.2) is 16.2 Å². The molecule has 20 heavy (non-hydrogen) atoms. The van der Waals surface area contributed by atoms with Crippen LogP contribution in [0.2, 0.25) is 0 Å². The van der Waals surface area contributed by atoms with Gasteiger partial charge >= 0.3 is 5.97 Å². The van der Waals surface area contributed by atoms with E-state index in [1.54, 1.807) is 30.3 Å². The van der Waals surface area contributed by atoms with Crippen LogP contribution >= 0.6 is 0 Å². The first-order chi connectivity index (χ1) is 9.58. The standard InChI is InChI=1S/C13H10N2O5/c16-10-6-8(13(18)19)7-11(17)12(10)20-15-14-9-4-2-1-3-5-9/h1-7,16-17H,(H,18,19)/p-1. The number of hydrogen-bond acceptors (Lipinski definition) is 6. The van der Waals surface area contributed by atoms with E-state index in [9.17, 15) is 15.0 Å². The number of aromatic hydroxyl groups is 1. The van der Waals surface area contributed by atoms with E-state index in [1.165, 1.54) is 0 Å². The van der Waals surface area contributed by atoms with E-state index in [-0.39, 0.29) is 5.56 Å². The van der Waals surface area contributed by atoms with Crippen molar-refractivity contribution in [2.45, 2.75) is 0 Å². The molecule has 0 amide bonds. The lowest BCUT2D eigenvalue weighted by Crippen LogP contribution is -2.01. The molecule has 0 aromatic heterocycles. The maximum absolute atomic E-state index is 11.6. The molecule has 2 rings (SSSR count). The molecule has 0 aliphatic heterocycles. The maximum Gasteiger partial charge on any atom is 0.335 e. The minimum atomic E-state index is -1.32. The van der Waals surface area contributed by atoms with E-state index in [0.717, 1.165) is 12.1 Å². The predicted octanol–water partition coefficient (Wildman–Crippen LogP) is 2.24. The minimum Gasteiger partial charge on any atom is -0.870 e. The number of rotatable bonds is 4. The Labute approximate surface area is 113 Å². The molecule has 0 saturated carbocycles. The zero-order valence-corrected chi connectivity index (χ0v) is 10.1. The van der Waals surface area contributed by atoms with Crippen LogP contribution in [-0.2, 0) is 0 Å². The van der Waals surface area contributed by atoms with Gasteiger partial charge in [0, 0.05) is 5.28 Å². The normalized spacial score (nSPS) is 10.6. The number of carboxylic acids is 1. The quantitative estimate of drug-likeness (QED) is 0.654. The van der Waals surface area contributed by atoms with E-state index >= 15 is 0 Å². The van der Waals surface area contributed by atoms with Gasteiger partial charge in [0.2, 0.25) is 0 Å². The smallest absolute Gasteiger partial charge is 0.335 e. The molecule has 2 aromatic carbocycles. The average molecular weight is 273 g/mol. The maximum atomic E-state index is 11.6. The number of hydrogen-bond donors (Lipinski definition) is 2. The third-order valence-electron chi connectivity index (χ3n) is 2.33. The van der Waals surface area contributed by atoms with Crippen LogP contribution in [0, 0.1) is 0 Å². The summed E-state index contributed by atoms with van der Waals surface area (Å²) >= 11 is 0. The van der Waals surface area contributed by atoms with E-state index in [2.05, 4.69) is 10.4 Å². The average Bonchev–Trinajstić information content (AvgIpc) is 2.42. The molecule has 0 aliphatic rings. The molecule has 7 nitrogen and oxygen atoms in total. The molecule has 102 valence electrons. The summed E-state index contributed by atoms with van der Waals surface area (Å²) in [5.74, 6) is -3.21.